The Hall–Kier alpha value is 0.394. The highest BCUT2D eigenvalue weighted by atomic mass is 28.4. The van der Waals surface area contributed by atoms with E-state index in [1.54, 1.807) is 0 Å². The number of hydrogen-bond acceptors (Lipinski definition) is 1. The smallest absolute Gasteiger partial charge is 0.172 e. The van der Waals surface area contributed by atoms with E-state index < -0.39 is 8.32 Å². The van der Waals surface area contributed by atoms with Gasteiger partial charge in [-0.3, -0.25) is 0 Å². The monoisotopic (exact) mass is 202 g/mol. The van der Waals surface area contributed by atoms with Crippen LogP contribution in [0.4, 0.5) is 0 Å². The highest BCUT2D eigenvalue weighted by Crippen LogP contribution is 2.30. The van der Waals surface area contributed by atoms with Crippen LogP contribution >= 0.6 is 0 Å². The van der Waals surface area contributed by atoms with E-state index in [0.717, 1.165) is 16.4 Å². The Kier molecular flexibility index (Phi) is 4.00. The molecule has 0 saturated heterocycles. The summed E-state index contributed by atoms with van der Waals surface area (Å²) in [6.07, 6.45) is 7.36. The van der Waals surface area contributed by atoms with Gasteiger partial charge in [0, 0.05) is 0 Å². The van der Waals surface area contributed by atoms with Crippen molar-refractivity contribution in [1.82, 2.24) is 0 Å². The Balaban J connectivity index is 2.28. The zero-order valence-electron chi connectivity index (χ0n) is 8.73. The third-order valence-electron chi connectivity index (χ3n) is 3.06. The van der Waals surface area contributed by atoms with Gasteiger partial charge in [0.2, 0.25) is 0 Å². The van der Waals surface area contributed by atoms with Crippen LogP contribution in [-0.2, 0) is 4.12 Å². The summed E-state index contributed by atoms with van der Waals surface area (Å²) in [6.45, 7) is 4.74. The lowest BCUT2D eigenvalue weighted by molar-refractivity contribution is 0.373. The fourth-order valence-corrected chi connectivity index (χ4v) is 4.64. The number of hydrogen-bond donors (Lipinski definition) is 0. The van der Waals surface area contributed by atoms with Crippen molar-refractivity contribution in [3.63, 3.8) is 0 Å². The molecule has 0 aromatic heterocycles. The molecule has 0 heterocycles. The molecule has 0 N–H and O–H groups in total. The first-order valence-electron chi connectivity index (χ1n) is 5.19. The van der Waals surface area contributed by atoms with E-state index in [0.29, 0.717) is 0 Å². The molecular formula is C9H22OSi2. The summed E-state index contributed by atoms with van der Waals surface area (Å²) in [4.78, 5) is 0. The predicted octanol–water partition coefficient (Wildman–Crippen LogP) is 2.07. The lowest BCUT2D eigenvalue weighted by Crippen LogP contribution is -2.32. The number of rotatable bonds is 3. The van der Waals surface area contributed by atoms with Crippen molar-refractivity contribution in [1.29, 1.82) is 0 Å². The molecule has 72 valence electrons. The van der Waals surface area contributed by atoms with Crippen molar-refractivity contribution >= 4 is 18.8 Å². The van der Waals surface area contributed by atoms with Crippen LogP contribution < -0.4 is 0 Å². The molecule has 1 aliphatic carbocycles. The summed E-state index contributed by atoms with van der Waals surface area (Å²) in [5.74, 6) is 1.01. The quantitative estimate of drug-likeness (QED) is 0.637. The summed E-state index contributed by atoms with van der Waals surface area (Å²) in [5, 5.41) is 0. The second kappa shape index (κ2) is 4.58. The van der Waals surface area contributed by atoms with Crippen LogP contribution in [0.1, 0.15) is 32.1 Å². The molecule has 1 aliphatic rings. The highest BCUT2D eigenvalue weighted by Gasteiger charge is 2.26. The average Bonchev–Trinajstić information content (AvgIpc) is 2.06. The minimum absolute atomic E-state index is 0.939. The summed E-state index contributed by atoms with van der Waals surface area (Å²) in [7, 11) is -0.264. The van der Waals surface area contributed by atoms with Crippen LogP contribution in [0.2, 0.25) is 19.1 Å². The minimum atomic E-state index is -1.20. The third kappa shape index (κ3) is 3.41. The van der Waals surface area contributed by atoms with Gasteiger partial charge in [-0.25, -0.2) is 0 Å². The molecule has 0 aliphatic heterocycles. The molecule has 3 heteroatoms. The molecule has 1 nitrogen and oxygen atoms in total. The lowest BCUT2D eigenvalue weighted by Gasteiger charge is -2.29. The van der Waals surface area contributed by atoms with Gasteiger partial charge in [-0.1, -0.05) is 32.1 Å². The Morgan fingerprint density at radius 1 is 1.25 bits per heavy atom. The van der Waals surface area contributed by atoms with Gasteiger partial charge >= 0.3 is 0 Å². The SMILES string of the molecule is C[Si](C)(CC1CCCCC1)O[SiH3]. The lowest BCUT2D eigenvalue weighted by atomic mass is 9.91. The van der Waals surface area contributed by atoms with Crippen LogP contribution in [0.15, 0.2) is 0 Å². The van der Waals surface area contributed by atoms with E-state index in [2.05, 4.69) is 13.1 Å². The maximum Gasteiger partial charge on any atom is 0.172 e. The maximum atomic E-state index is 5.72. The second-order valence-corrected chi connectivity index (χ2v) is 10.2. The summed E-state index contributed by atoms with van der Waals surface area (Å²) in [5.41, 5.74) is 0. The van der Waals surface area contributed by atoms with Gasteiger partial charge in [0.15, 0.2) is 8.32 Å². The molecule has 0 spiro atoms. The van der Waals surface area contributed by atoms with Gasteiger partial charge in [-0.2, -0.15) is 0 Å². The fourth-order valence-electron chi connectivity index (χ4n) is 2.17. The van der Waals surface area contributed by atoms with Gasteiger partial charge in [0.25, 0.3) is 0 Å². The summed E-state index contributed by atoms with van der Waals surface area (Å²) < 4.78 is 5.72. The van der Waals surface area contributed by atoms with Crippen molar-refractivity contribution in [2.75, 3.05) is 0 Å². The Morgan fingerprint density at radius 3 is 2.33 bits per heavy atom. The molecule has 1 rings (SSSR count). The van der Waals surface area contributed by atoms with Crippen LogP contribution in [0.5, 0.6) is 0 Å². The Labute approximate surface area is 80.6 Å². The molecule has 0 radical (unpaired) electrons. The standard InChI is InChI=1S/C9H22OSi2/c1-12(2,10-11)8-9-6-4-3-5-7-9/h9H,3-8H2,1-2,11H3. The van der Waals surface area contributed by atoms with E-state index in [4.69, 9.17) is 4.12 Å². The Bertz CT molecular complexity index is 130. The zero-order chi connectivity index (χ0) is 9.03. The molecule has 0 bridgehead atoms. The molecule has 0 aromatic carbocycles. The van der Waals surface area contributed by atoms with Gasteiger partial charge in [-0.05, 0) is 25.1 Å². The largest absolute Gasteiger partial charge is 0.463 e. The molecule has 12 heavy (non-hydrogen) atoms. The first kappa shape index (κ1) is 10.5. The molecule has 1 fully saturated rings. The first-order valence-corrected chi connectivity index (χ1v) is 9.12. The van der Waals surface area contributed by atoms with E-state index in [9.17, 15) is 0 Å². The topological polar surface area (TPSA) is 9.23 Å². The minimum Gasteiger partial charge on any atom is -0.463 e. The van der Waals surface area contributed by atoms with E-state index in [-0.39, 0.29) is 0 Å². The molecular weight excluding hydrogens is 180 g/mol. The van der Waals surface area contributed by atoms with Gasteiger partial charge < -0.3 is 4.12 Å². The molecule has 0 aromatic rings. The van der Waals surface area contributed by atoms with Crippen molar-refractivity contribution in [2.45, 2.75) is 51.2 Å². The molecule has 0 unspecified atom stereocenters. The maximum absolute atomic E-state index is 5.72. The van der Waals surface area contributed by atoms with Crippen molar-refractivity contribution < 1.29 is 4.12 Å². The molecule has 0 atom stereocenters. The van der Waals surface area contributed by atoms with E-state index >= 15 is 0 Å². The van der Waals surface area contributed by atoms with E-state index in [1.165, 1.54) is 38.1 Å². The zero-order valence-corrected chi connectivity index (χ0v) is 11.7. The van der Waals surface area contributed by atoms with Crippen LogP contribution in [-0.4, -0.2) is 18.8 Å². The van der Waals surface area contributed by atoms with Gasteiger partial charge in [0.05, 0.1) is 0 Å². The predicted molar refractivity (Wildman–Crippen MR) is 59.9 cm³/mol. The molecule has 1 saturated carbocycles. The van der Waals surface area contributed by atoms with Crippen molar-refractivity contribution in [3.05, 3.63) is 0 Å². The first-order chi connectivity index (χ1) is 5.64. The summed E-state index contributed by atoms with van der Waals surface area (Å²) >= 11 is 0. The van der Waals surface area contributed by atoms with Crippen molar-refractivity contribution in [3.8, 4) is 0 Å². The van der Waals surface area contributed by atoms with E-state index in [1.807, 2.05) is 0 Å². The van der Waals surface area contributed by atoms with Crippen LogP contribution in [0.3, 0.4) is 0 Å². The average molecular weight is 202 g/mol. The van der Waals surface area contributed by atoms with Crippen molar-refractivity contribution in [2.24, 2.45) is 5.92 Å². The van der Waals surface area contributed by atoms with Gasteiger partial charge in [0.1, 0.15) is 10.5 Å². The normalized spacial score (nSPS) is 21.5. The Morgan fingerprint density at radius 2 is 1.83 bits per heavy atom. The van der Waals surface area contributed by atoms with Crippen LogP contribution in [0.25, 0.3) is 0 Å². The second-order valence-electron chi connectivity index (χ2n) is 4.67. The molecule has 0 amide bonds. The highest BCUT2D eigenvalue weighted by molar-refractivity contribution is 6.73. The summed E-state index contributed by atoms with van der Waals surface area (Å²) in [6, 6.07) is 1.41. The fraction of sp³-hybridized carbons (Fsp3) is 1.00. The van der Waals surface area contributed by atoms with Crippen LogP contribution in [0, 0.1) is 5.92 Å². The third-order valence-corrected chi connectivity index (χ3v) is 9.04. The van der Waals surface area contributed by atoms with Gasteiger partial charge in [-0.15, -0.1) is 0 Å².